The summed E-state index contributed by atoms with van der Waals surface area (Å²) in [5.74, 6) is 0.366. The van der Waals surface area contributed by atoms with Crippen LogP contribution in [0.2, 0.25) is 5.02 Å². The van der Waals surface area contributed by atoms with Crippen molar-refractivity contribution in [2.45, 2.75) is 29.9 Å². The fourth-order valence-electron chi connectivity index (χ4n) is 3.42. The van der Waals surface area contributed by atoms with E-state index in [1.807, 2.05) is 41.0 Å². The van der Waals surface area contributed by atoms with Gasteiger partial charge in [0.05, 0.1) is 16.8 Å². The molecule has 142 valence electrons. The summed E-state index contributed by atoms with van der Waals surface area (Å²) in [5, 5.41) is 0.509. The Labute approximate surface area is 164 Å². The highest BCUT2D eigenvalue weighted by Crippen LogP contribution is 2.30. The number of benzene rings is 1. The quantitative estimate of drug-likeness (QED) is 0.719. The summed E-state index contributed by atoms with van der Waals surface area (Å²) < 4.78 is 0. The Morgan fingerprint density at radius 1 is 1.04 bits per heavy atom. The van der Waals surface area contributed by atoms with Crippen molar-refractivity contribution in [3.05, 3.63) is 29.3 Å². The third kappa shape index (κ3) is 4.93. The minimum absolute atomic E-state index is 0.139. The van der Waals surface area contributed by atoms with Gasteiger partial charge in [-0.05, 0) is 31.9 Å². The molecule has 0 radical (unpaired) electrons. The molecule has 0 spiro atoms. The van der Waals surface area contributed by atoms with E-state index in [-0.39, 0.29) is 17.1 Å². The van der Waals surface area contributed by atoms with E-state index >= 15 is 0 Å². The molecule has 1 atom stereocenters. The second-order valence-electron chi connectivity index (χ2n) is 6.88. The zero-order valence-corrected chi connectivity index (χ0v) is 16.8. The van der Waals surface area contributed by atoms with Crippen molar-refractivity contribution in [1.29, 1.82) is 0 Å². The number of piperazine rings is 1. The summed E-state index contributed by atoms with van der Waals surface area (Å²) in [7, 11) is 0. The Bertz CT molecular complexity index is 643. The lowest BCUT2D eigenvalue weighted by atomic mass is 10.2. The summed E-state index contributed by atoms with van der Waals surface area (Å²) in [6.45, 7) is 7.08. The van der Waals surface area contributed by atoms with Crippen LogP contribution in [0.25, 0.3) is 0 Å². The number of halogens is 1. The van der Waals surface area contributed by atoms with Gasteiger partial charge in [0.1, 0.15) is 0 Å². The molecule has 7 heteroatoms. The first-order chi connectivity index (χ1) is 12.5. The second-order valence-corrected chi connectivity index (χ2v) is 8.67. The summed E-state index contributed by atoms with van der Waals surface area (Å²) in [5.41, 5.74) is 0. The van der Waals surface area contributed by atoms with E-state index in [9.17, 15) is 9.59 Å². The van der Waals surface area contributed by atoms with Gasteiger partial charge in [-0.3, -0.25) is 14.5 Å². The number of thioether (sulfide) groups is 1. The lowest BCUT2D eigenvalue weighted by Crippen LogP contribution is -2.52. The van der Waals surface area contributed by atoms with Crippen LogP contribution in [0.4, 0.5) is 0 Å². The van der Waals surface area contributed by atoms with E-state index in [1.165, 1.54) is 11.8 Å². The average Bonchev–Trinajstić information content (AvgIpc) is 3.18. The van der Waals surface area contributed by atoms with E-state index in [4.69, 9.17) is 11.6 Å². The molecule has 26 heavy (non-hydrogen) atoms. The number of amides is 2. The van der Waals surface area contributed by atoms with Gasteiger partial charge in [0.25, 0.3) is 0 Å². The molecule has 1 aromatic carbocycles. The molecule has 0 aliphatic carbocycles. The van der Waals surface area contributed by atoms with Crippen LogP contribution in [0.5, 0.6) is 0 Å². The lowest BCUT2D eigenvalue weighted by Gasteiger charge is -2.36. The Morgan fingerprint density at radius 3 is 2.35 bits per heavy atom. The number of carbonyl (C=O) groups is 2. The van der Waals surface area contributed by atoms with E-state index in [0.717, 1.165) is 43.9 Å². The number of nitrogens with zero attached hydrogens (tertiary/aromatic N) is 3. The zero-order chi connectivity index (χ0) is 18.5. The van der Waals surface area contributed by atoms with Crippen LogP contribution in [-0.4, -0.2) is 77.6 Å². The van der Waals surface area contributed by atoms with Crippen molar-refractivity contribution < 1.29 is 9.59 Å². The van der Waals surface area contributed by atoms with E-state index in [2.05, 4.69) is 4.90 Å². The number of carbonyl (C=O) groups excluding carboxylic acids is 2. The van der Waals surface area contributed by atoms with E-state index in [0.29, 0.717) is 24.7 Å². The van der Waals surface area contributed by atoms with Gasteiger partial charge >= 0.3 is 0 Å². The summed E-state index contributed by atoms with van der Waals surface area (Å²) >= 11 is 7.69. The molecule has 1 unspecified atom stereocenters. The van der Waals surface area contributed by atoms with Crippen molar-refractivity contribution in [2.75, 3.05) is 45.8 Å². The predicted octanol–water partition coefficient (Wildman–Crippen LogP) is 2.59. The molecule has 0 saturated carbocycles. The number of likely N-dealkylation sites (tertiary alicyclic amines) is 1. The molecule has 0 aromatic heterocycles. The molecule has 0 N–H and O–H groups in total. The molecule has 2 aliphatic heterocycles. The highest BCUT2D eigenvalue weighted by Gasteiger charge is 2.28. The Hall–Kier alpha value is -1.24. The van der Waals surface area contributed by atoms with Crippen molar-refractivity contribution in [3.63, 3.8) is 0 Å². The third-order valence-corrected chi connectivity index (χ3v) is 6.60. The van der Waals surface area contributed by atoms with Gasteiger partial charge in [0.2, 0.25) is 11.8 Å². The summed E-state index contributed by atoms with van der Waals surface area (Å²) in [6.07, 6.45) is 2.24. The first-order valence-corrected chi connectivity index (χ1v) is 10.5. The SMILES string of the molecule is CC(Sc1ccccc1Cl)C(=O)N1CCN(CC(=O)N2CCCC2)CC1. The fourth-order valence-corrected chi connectivity index (χ4v) is 4.66. The molecule has 5 nitrogen and oxygen atoms in total. The van der Waals surface area contributed by atoms with Crippen molar-refractivity contribution in [2.24, 2.45) is 0 Å². The largest absolute Gasteiger partial charge is 0.342 e. The lowest BCUT2D eigenvalue weighted by molar-refractivity contribution is -0.134. The van der Waals surface area contributed by atoms with Crippen molar-refractivity contribution in [3.8, 4) is 0 Å². The summed E-state index contributed by atoms with van der Waals surface area (Å²) in [6, 6.07) is 7.61. The highest BCUT2D eigenvalue weighted by molar-refractivity contribution is 8.00. The van der Waals surface area contributed by atoms with Crippen molar-refractivity contribution in [1.82, 2.24) is 14.7 Å². The van der Waals surface area contributed by atoms with Gasteiger partial charge in [0, 0.05) is 44.2 Å². The summed E-state index contributed by atoms with van der Waals surface area (Å²) in [4.78, 5) is 31.9. The minimum Gasteiger partial charge on any atom is -0.342 e. The average molecular weight is 396 g/mol. The van der Waals surface area contributed by atoms with Gasteiger partial charge in [-0.2, -0.15) is 0 Å². The molecule has 2 amide bonds. The molecular formula is C19H26ClN3O2S. The van der Waals surface area contributed by atoms with Gasteiger partial charge in [-0.25, -0.2) is 0 Å². The third-order valence-electron chi connectivity index (χ3n) is 4.99. The molecule has 3 rings (SSSR count). The Balaban J connectivity index is 1.45. The van der Waals surface area contributed by atoms with Gasteiger partial charge in [-0.1, -0.05) is 23.7 Å². The maximum atomic E-state index is 12.7. The normalized spacial score (nSPS) is 19.6. The molecule has 2 aliphatic rings. The van der Waals surface area contributed by atoms with Crippen LogP contribution in [0, 0.1) is 0 Å². The monoisotopic (exact) mass is 395 g/mol. The first kappa shape index (κ1) is 19.5. The van der Waals surface area contributed by atoms with Crippen LogP contribution in [0.3, 0.4) is 0 Å². The molecule has 2 saturated heterocycles. The minimum atomic E-state index is -0.173. The van der Waals surface area contributed by atoms with Crippen molar-refractivity contribution >= 4 is 35.2 Å². The van der Waals surface area contributed by atoms with Crippen LogP contribution in [-0.2, 0) is 9.59 Å². The van der Waals surface area contributed by atoms with E-state index < -0.39 is 0 Å². The molecule has 2 fully saturated rings. The smallest absolute Gasteiger partial charge is 0.236 e. The topological polar surface area (TPSA) is 43.9 Å². The van der Waals surface area contributed by atoms with Crippen LogP contribution in [0.15, 0.2) is 29.2 Å². The standard InChI is InChI=1S/C19H26ClN3O2S/c1-15(26-17-7-3-2-6-16(17)20)19(25)23-12-10-21(11-13-23)14-18(24)22-8-4-5-9-22/h2-3,6-7,15H,4-5,8-14H2,1H3. The number of rotatable bonds is 5. The second kappa shape index (κ2) is 9.11. The number of hydrogen-bond donors (Lipinski definition) is 0. The number of hydrogen-bond acceptors (Lipinski definition) is 4. The zero-order valence-electron chi connectivity index (χ0n) is 15.2. The maximum absolute atomic E-state index is 12.7. The van der Waals surface area contributed by atoms with Crippen LogP contribution >= 0.6 is 23.4 Å². The predicted molar refractivity (Wildman–Crippen MR) is 106 cm³/mol. The van der Waals surface area contributed by atoms with E-state index in [1.54, 1.807) is 0 Å². The van der Waals surface area contributed by atoms with Gasteiger partial charge in [0.15, 0.2) is 0 Å². The Morgan fingerprint density at radius 2 is 1.69 bits per heavy atom. The molecule has 1 aromatic rings. The van der Waals surface area contributed by atoms with Gasteiger partial charge in [-0.15, -0.1) is 11.8 Å². The molecule has 2 heterocycles. The fraction of sp³-hybridized carbons (Fsp3) is 0.579. The molecule has 0 bridgehead atoms. The first-order valence-electron chi connectivity index (χ1n) is 9.24. The maximum Gasteiger partial charge on any atom is 0.236 e. The Kier molecular flexibility index (Phi) is 6.84. The molecular weight excluding hydrogens is 370 g/mol. The van der Waals surface area contributed by atoms with Gasteiger partial charge < -0.3 is 9.80 Å². The highest BCUT2D eigenvalue weighted by atomic mass is 35.5. The van der Waals surface area contributed by atoms with Crippen LogP contribution in [0.1, 0.15) is 19.8 Å². The van der Waals surface area contributed by atoms with Crippen LogP contribution < -0.4 is 0 Å².